The summed E-state index contributed by atoms with van der Waals surface area (Å²) in [5, 5.41) is 6.38. The molecule has 0 spiro atoms. The van der Waals surface area contributed by atoms with Gasteiger partial charge in [-0.2, -0.15) is 5.10 Å². The summed E-state index contributed by atoms with van der Waals surface area (Å²) in [4.78, 5) is 26.7. The highest BCUT2D eigenvalue weighted by Gasteiger charge is 2.18. The van der Waals surface area contributed by atoms with Crippen molar-refractivity contribution in [2.45, 2.75) is 19.8 Å². The minimum Gasteiger partial charge on any atom is -0.305 e. The second kappa shape index (κ2) is 4.73. The van der Waals surface area contributed by atoms with E-state index < -0.39 is 0 Å². The van der Waals surface area contributed by atoms with E-state index in [2.05, 4.69) is 20.8 Å². The summed E-state index contributed by atoms with van der Waals surface area (Å²) in [6.07, 6.45) is 2.24. The Kier molecular flexibility index (Phi) is 3.13. The lowest BCUT2D eigenvalue weighted by molar-refractivity contribution is -0.121. The smallest absolute Gasteiger partial charge is 0.273 e. The summed E-state index contributed by atoms with van der Waals surface area (Å²) in [5.41, 5.74) is 3.47. The Morgan fingerprint density at radius 3 is 2.94 bits per heavy atom. The lowest BCUT2D eigenvalue weighted by Gasteiger charge is -2.12. The van der Waals surface area contributed by atoms with E-state index in [1.807, 2.05) is 13.0 Å². The van der Waals surface area contributed by atoms with E-state index >= 15 is 0 Å². The van der Waals surface area contributed by atoms with Gasteiger partial charge in [0.05, 0.1) is 0 Å². The van der Waals surface area contributed by atoms with Crippen molar-refractivity contribution in [3.63, 3.8) is 0 Å². The number of nitrogens with one attached hydrogen (secondary N) is 2. The van der Waals surface area contributed by atoms with Crippen molar-refractivity contribution in [2.24, 2.45) is 5.10 Å². The summed E-state index contributed by atoms with van der Waals surface area (Å²) >= 11 is 0. The zero-order chi connectivity index (χ0) is 12.3. The molecular weight excluding hydrogens is 220 g/mol. The maximum atomic E-state index is 11.8. The van der Waals surface area contributed by atoms with Crippen molar-refractivity contribution in [1.82, 2.24) is 10.4 Å². The Balaban J connectivity index is 2.07. The molecular formula is C11H12N4O2. The van der Waals surface area contributed by atoms with Crippen LogP contribution in [0, 0.1) is 6.92 Å². The molecule has 2 N–H and O–H groups in total. The van der Waals surface area contributed by atoms with Crippen LogP contribution in [0.2, 0.25) is 0 Å². The predicted octanol–water partition coefficient (Wildman–Crippen LogP) is 0.595. The van der Waals surface area contributed by atoms with Gasteiger partial charge >= 0.3 is 0 Å². The number of carbonyl (C=O) groups excluding carboxylic acids is 2. The number of pyridine rings is 1. The van der Waals surface area contributed by atoms with Crippen LogP contribution in [0.5, 0.6) is 0 Å². The zero-order valence-corrected chi connectivity index (χ0v) is 9.36. The fourth-order valence-corrected chi connectivity index (χ4v) is 1.43. The molecule has 0 fully saturated rings. The highest BCUT2D eigenvalue weighted by atomic mass is 16.2. The molecule has 6 nitrogen and oxygen atoms in total. The average molecular weight is 232 g/mol. The van der Waals surface area contributed by atoms with E-state index in [0.29, 0.717) is 18.0 Å². The molecule has 0 aliphatic carbocycles. The minimum atomic E-state index is -0.327. The molecule has 0 bridgehead atoms. The van der Waals surface area contributed by atoms with Gasteiger partial charge in [-0.25, -0.2) is 10.4 Å². The summed E-state index contributed by atoms with van der Waals surface area (Å²) in [5.74, 6) is 0.0134. The first-order valence-corrected chi connectivity index (χ1v) is 5.25. The number of carbonyl (C=O) groups is 2. The van der Waals surface area contributed by atoms with Crippen LogP contribution < -0.4 is 10.7 Å². The third-order valence-electron chi connectivity index (χ3n) is 2.41. The van der Waals surface area contributed by atoms with Gasteiger partial charge in [-0.3, -0.25) is 9.59 Å². The predicted molar refractivity (Wildman–Crippen MR) is 62.4 cm³/mol. The Bertz CT molecular complexity index is 496. The van der Waals surface area contributed by atoms with E-state index in [1.165, 1.54) is 0 Å². The van der Waals surface area contributed by atoms with Gasteiger partial charge in [0.1, 0.15) is 11.5 Å². The third kappa shape index (κ3) is 2.66. The van der Waals surface area contributed by atoms with Crippen LogP contribution in [0.3, 0.4) is 0 Å². The van der Waals surface area contributed by atoms with E-state index in [9.17, 15) is 9.59 Å². The number of aromatic nitrogens is 1. The molecule has 1 aliphatic heterocycles. The van der Waals surface area contributed by atoms with Gasteiger partial charge in [-0.05, 0) is 18.6 Å². The molecule has 0 atom stereocenters. The van der Waals surface area contributed by atoms with Gasteiger partial charge in [0.2, 0.25) is 5.91 Å². The summed E-state index contributed by atoms with van der Waals surface area (Å²) in [7, 11) is 0. The molecule has 17 heavy (non-hydrogen) atoms. The van der Waals surface area contributed by atoms with Crippen LogP contribution in [0.1, 0.15) is 18.4 Å². The fourth-order valence-electron chi connectivity index (χ4n) is 1.43. The molecule has 1 aromatic rings. The van der Waals surface area contributed by atoms with Gasteiger partial charge < -0.3 is 5.32 Å². The molecule has 0 saturated heterocycles. The molecule has 2 amide bonds. The Labute approximate surface area is 98.1 Å². The van der Waals surface area contributed by atoms with Crippen molar-refractivity contribution in [1.29, 1.82) is 0 Å². The van der Waals surface area contributed by atoms with E-state index in [-0.39, 0.29) is 18.2 Å². The first-order chi connectivity index (χ1) is 8.16. The summed E-state index contributed by atoms with van der Waals surface area (Å²) in [6, 6.07) is 3.65. The maximum absolute atomic E-state index is 11.8. The Hall–Kier alpha value is -2.24. The number of nitrogens with zero attached hydrogens (tertiary/aromatic N) is 2. The molecule has 0 radical (unpaired) electrons. The molecule has 0 unspecified atom stereocenters. The normalized spacial score (nSPS) is 14.9. The Morgan fingerprint density at radius 1 is 1.47 bits per heavy atom. The first kappa shape index (κ1) is 11.3. The van der Waals surface area contributed by atoms with E-state index in [0.717, 1.165) is 5.56 Å². The zero-order valence-electron chi connectivity index (χ0n) is 9.36. The van der Waals surface area contributed by atoms with Crippen molar-refractivity contribution < 1.29 is 9.59 Å². The lowest BCUT2D eigenvalue weighted by atomic mass is 10.1. The van der Waals surface area contributed by atoms with Crippen molar-refractivity contribution >= 4 is 23.3 Å². The van der Waals surface area contributed by atoms with Crippen LogP contribution in [0.4, 0.5) is 5.82 Å². The fraction of sp³-hybridized carbons (Fsp3) is 0.273. The highest BCUT2D eigenvalue weighted by Crippen LogP contribution is 2.10. The summed E-state index contributed by atoms with van der Waals surface area (Å²) < 4.78 is 0. The minimum absolute atomic E-state index is 0.171. The number of hydrogen-bond acceptors (Lipinski definition) is 4. The number of rotatable bonds is 2. The number of aryl methyl sites for hydroxylation is 1. The van der Waals surface area contributed by atoms with Gasteiger partial charge in [0, 0.05) is 19.0 Å². The molecule has 88 valence electrons. The van der Waals surface area contributed by atoms with Crippen LogP contribution in [0.25, 0.3) is 0 Å². The van der Waals surface area contributed by atoms with Gasteiger partial charge in [0.15, 0.2) is 0 Å². The van der Waals surface area contributed by atoms with Crippen molar-refractivity contribution in [3.05, 3.63) is 23.9 Å². The molecule has 6 heteroatoms. The van der Waals surface area contributed by atoms with E-state index in [4.69, 9.17) is 0 Å². The summed E-state index contributed by atoms with van der Waals surface area (Å²) in [6.45, 7) is 1.85. The molecule has 1 aromatic heterocycles. The average Bonchev–Trinajstić information content (AvgIpc) is 2.33. The van der Waals surface area contributed by atoms with Crippen molar-refractivity contribution in [2.75, 3.05) is 5.32 Å². The monoisotopic (exact) mass is 232 g/mol. The van der Waals surface area contributed by atoms with Gasteiger partial charge in [-0.15, -0.1) is 0 Å². The molecule has 2 rings (SSSR count). The molecule has 2 heterocycles. The van der Waals surface area contributed by atoms with E-state index in [1.54, 1.807) is 12.3 Å². The highest BCUT2D eigenvalue weighted by molar-refractivity contribution is 6.43. The van der Waals surface area contributed by atoms with Crippen LogP contribution >= 0.6 is 0 Å². The quantitative estimate of drug-likeness (QED) is 0.783. The second-order valence-corrected chi connectivity index (χ2v) is 3.72. The second-order valence-electron chi connectivity index (χ2n) is 3.72. The number of hydrazone groups is 1. The standard InChI is InChI=1S/C11H12N4O2/c1-7-3-2-6-12-10(7)13-11(17)8-4-5-9(16)15-14-8/h2-3,6H,4-5H2,1H3,(H,15,16)(H,12,13,17). The lowest BCUT2D eigenvalue weighted by Crippen LogP contribution is -2.33. The number of hydrogen-bond donors (Lipinski definition) is 2. The van der Waals surface area contributed by atoms with Crippen LogP contribution in [0.15, 0.2) is 23.4 Å². The number of anilines is 1. The largest absolute Gasteiger partial charge is 0.305 e. The third-order valence-corrected chi connectivity index (χ3v) is 2.41. The topological polar surface area (TPSA) is 83.4 Å². The van der Waals surface area contributed by atoms with Gasteiger partial charge in [0.25, 0.3) is 5.91 Å². The van der Waals surface area contributed by atoms with Crippen LogP contribution in [-0.4, -0.2) is 22.5 Å². The van der Waals surface area contributed by atoms with Crippen molar-refractivity contribution in [3.8, 4) is 0 Å². The number of amides is 2. The first-order valence-electron chi connectivity index (χ1n) is 5.25. The SMILES string of the molecule is Cc1cccnc1NC(=O)C1=NNC(=O)CC1. The Morgan fingerprint density at radius 2 is 2.29 bits per heavy atom. The van der Waals surface area contributed by atoms with Crippen LogP contribution in [-0.2, 0) is 9.59 Å². The van der Waals surface area contributed by atoms with Gasteiger partial charge in [-0.1, -0.05) is 6.07 Å². The molecule has 1 aliphatic rings. The maximum Gasteiger partial charge on any atom is 0.273 e. The molecule has 0 aromatic carbocycles. The molecule has 0 saturated carbocycles.